The number of carbonyl (C=O) groups is 1. The second-order valence-electron chi connectivity index (χ2n) is 6.90. The van der Waals surface area contributed by atoms with Crippen LogP contribution < -0.4 is 20.1 Å². The molecule has 0 bridgehead atoms. The van der Waals surface area contributed by atoms with Gasteiger partial charge < -0.3 is 14.8 Å². The lowest BCUT2D eigenvalue weighted by Crippen LogP contribution is -2.46. The molecule has 0 fully saturated rings. The fourth-order valence-corrected chi connectivity index (χ4v) is 3.25. The number of amides is 1. The Morgan fingerprint density at radius 1 is 1.26 bits per heavy atom. The Balaban J connectivity index is 1.48. The van der Waals surface area contributed by atoms with Crippen molar-refractivity contribution < 1.29 is 18.7 Å². The van der Waals surface area contributed by atoms with Crippen molar-refractivity contribution in [2.75, 3.05) is 19.7 Å². The van der Waals surface area contributed by atoms with E-state index in [0.29, 0.717) is 29.7 Å². The molecule has 0 aromatic heterocycles. The molecular formula is C20H22ClFN2O3. The molecule has 1 aliphatic rings. The van der Waals surface area contributed by atoms with Crippen LogP contribution >= 0.6 is 11.6 Å². The summed E-state index contributed by atoms with van der Waals surface area (Å²) in [4.78, 5) is 12.2. The molecule has 1 heterocycles. The third kappa shape index (κ3) is 4.90. The Kier molecular flexibility index (Phi) is 5.87. The van der Waals surface area contributed by atoms with Gasteiger partial charge in [0.25, 0.3) is 0 Å². The maximum atomic E-state index is 13.2. The largest absolute Gasteiger partial charge is 0.486 e. The predicted octanol–water partition coefficient (Wildman–Crippen LogP) is 3.26. The van der Waals surface area contributed by atoms with Crippen LogP contribution in [0.15, 0.2) is 42.5 Å². The Morgan fingerprint density at radius 3 is 2.74 bits per heavy atom. The van der Waals surface area contributed by atoms with Crippen LogP contribution in [0.3, 0.4) is 0 Å². The molecule has 0 aliphatic carbocycles. The van der Waals surface area contributed by atoms with E-state index in [0.717, 1.165) is 5.56 Å². The molecular weight excluding hydrogens is 371 g/mol. The lowest BCUT2D eigenvalue weighted by Gasteiger charge is -2.28. The molecule has 0 radical (unpaired) electrons. The Bertz CT molecular complexity index is 829. The average molecular weight is 393 g/mol. The first-order valence-corrected chi connectivity index (χ1v) is 9.09. The molecule has 3 rings (SSSR count). The van der Waals surface area contributed by atoms with Crippen LogP contribution in [0.5, 0.6) is 11.5 Å². The van der Waals surface area contributed by atoms with E-state index in [1.54, 1.807) is 6.07 Å². The molecule has 1 unspecified atom stereocenters. The quantitative estimate of drug-likeness (QED) is 0.792. The summed E-state index contributed by atoms with van der Waals surface area (Å²) < 4.78 is 24.7. The predicted molar refractivity (Wildman–Crippen MR) is 102 cm³/mol. The van der Waals surface area contributed by atoms with Crippen LogP contribution in [-0.2, 0) is 10.3 Å². The minimum Gasteiger partial charge on any atom is -0.486 e. The summed E-state index contributed by atoms with van der Waals surface area (Å²) in [7, 11) is 0. The number of fused-ring (bicyclic) bond motifs is 1. The highest BCUT2D eigenvalue weighted by atomic mass is 35.5. The zero-order valence-corrected chi connectivity index (χ0v) is 16.0. The van der Waals surface area contributed by atoms with Crippen LogP contribution in [0, 0.1) is 5.82 Å². The van der Waals surface area contributed by atoms with Crippen LogP contribution in [0.1, 0.15) is 19.4 Å². The smallest absolute Gasteiger partial charge is 0.234 e. The van der Waals surface area contributed by atoms with Gasteiger partial charge in [-0.2, -0.15) is 0 Å². The first kappa shape index (κ1) is 19.5. The maximum Gasteiger partial charge on any atom is 0.234 e. The second-order valence-corrected chi connectivity index (χ2v) is 7.31. The number of hydrogen-bond acceptors (Lipinski definition) is 4. The van der Waals surface area contributed by atoms with Gasteiger partial charge in [-0.1, -0.05) is 29.8 Å². The van der Waals surface area contributed by atoms with Crippen LogP contribution in [0.4, 0.5) is 4.39 Å². The van der Waals surface area contributed by atoms with E-state index in [4.69, 9.17) is 21.1 Å². The minimum atomic E-state index is -0.592. The van der Waals surface area contributed by atoms with Crippen molar-refractivity contribution in [1.82, 2.24) is 10.6 Å². The topological polar surface area (TPSA) is 59.6 Å². The molecule has 2 aromatic carbocycles. The van der Waals surface area contributed by atoms with E-state index >= 15 is 0 Å². The summed E-state index contributed by atoms with van der Waals surface area (Å²) in [5.74, 6) is 0.810. The molecule has 144 valence electrons. The fourth-order valence-electron chi connectivity index (χ4n) is 2.85. The van der Waals surface area contributed by atoms with E-state index in [1.807, 2.05) is 38.1 Å². The van der Waals surface area contributed by atoms with Gasteiger partial charge in [-0.05, 0) is 43.7 Å². The number of nitrogens with one attached hydrogen (secondary N) is 2. The molecule has 1 atom stereocenters. The average Bonchev–Trinajstić information content (AvgIpc) is 2.64. The van der Waals surface area contributed by atoms with Crippen LogP contribution in [-0.4, -0.2) is 31.7 Å². The number of hydrogen-bond donors (Lipinski definition) is 2. The highest BCUT2D eigenvalue weighted by molar-refractivity contribution is 6.31. The first-order valence-electron chi connectivity index (χ1n) is 8.71. The zero-order chi connectivity index (χ0) is 19.4. The fraction of sp³-hybridized carbons (Fsp3) is 0.350. The first-order chi connectivity index (χ1) is 12.8. The summed E-state index contributed by atoms with van der Waals surface area (Å²) in [5.41, 5.74) is 0.130. The SMILES string of the molecule is CC(C)(NCC(=O)NCC1COc2ccccc2O1)c1ccc(F)cc1Cl. The van der Waals surface area contributed by atoms with Crippen LogP contribution in [0.25, 0.3) is 0 Å². The summed E-state index contributed by atoms with van der Waals surface area (Å²) in [6.45, 7) is 4.57. The van der Waals surface area contributed by atoms with E-state index in [9.17, 15) is 9.18 Å². The molecule has 1 amide bonds. The van der Waals surface area contributed by atoms with Gasteiger partial charge in [0, 0.05) is 10.6 Å². The molecule has 7 heteroatoms. The summed E-state index contributed by atoms with van der Waals surface area (Å²) in [6, 6.07) is 11.7. The highest BCUT2D eigenvalue weighted by Gasteiger charge is 2.25. The number of rotatable bonds is 6. The summed E-state index contributed by atoms with van der Waals surface area (Å²) in [5, 5.41) is 6.30. The molecule has 1 aliphatic heterocycles. The molecule has 2 N–H and O–H groups in total. The molecule has 0 saturated carbocycles. The minimum absolute atomic E-state index is 0.0882. The van der Waals surface area contributed by atoms with Gasteiger partial charge in [0.15, 0.2) is 11.5 Å². The maximum absolute atomic E-state index is 13.2. The van der Waals surface area contributed by atoms with Gasteiger partial charge >= 0.3 is 0 Å². The summed E-state index contributed by atoms with van der Waals surface area (Å²) in [6.07, 6.45) is -0.247. The second kappa shape index (κ2) is 8.15. The molecule has 0 saturated heterocycles. The van der Waals surface area contributed by atoms with E-state index < -0.39 is 11.4 Å². The van der Waals surface area contributed by atoms with Crippen molar-refractivity contribution in [3.8, 4) is 11.5 Å². The lowest BCUT2D eigenvalue weighted by atomic mass is 9.94. The standard InChI is InChI=1S/C20H22ClFN2O3/c1-20(2,15-8-7-13(22)9-16(15)21)24-11-19(25)23-10-14-12-26-17-5-3-4-6-18(17)27-14/h3-9,14,24H,10-12H2,1-2H3,(H,23,25). The van der Waals surface area contributed by atoms with Crippen molar-refractivity contribution in [2.24, 2.45) is 0 Å². The Labute approximate surface area is 162 Å². The van der Waals surface area contributed by atoms with Crippen molar-refractivity contribution in [1.29, 1.82) is 0 Å². The Hall–Kier alpha value is -2.31. The van der Waals surface area contributed by atoms with Gasteiger partial charge in [0.05, 0.1) is 13.1 Å². The van der Waals surface area contributed by atoms with Gasteiger partial charge in [0.2, 0.25) is 5.91 Å². The molecule has 5 nitrogen and oxygen atoms in total. The molecule has 27 heavy (non-hydrogen) atoms. The third-order valence-electron chi connectivity index (χ3n) is 4.39. The van der Waals surface area contributed by atoms with Gasteiger partial charge in [0.1, 0.15) is 18.5 Å². The van der Waals surface area contributed by atoms with E-state index in [-0.39, 0.29) is 18.6 Å². The molecule has 2 aromatic rings. The number of halogens is 2. The van der Waals surface area contributed by atoms with Crippen molar-refractivity contribution in [3.05, 3.63) is 58.9 Å². The molecule has 0 spiro atoms. The normalized spacial score (nSPS) is 16.1. The summed E-state index contributed by atoms with van der Waals surface area (Å²) >= 11 is 6.12. The zero-order valence-electron chi connectivity index (χ0n) is 15.2. The lowest BCUT2D eigenvalue weighted by molar-refractivity contribution is -0.121. The monoisotopic (exact) mass is 392 g/mol. The van der Waals surface area contributed by atoms with Gasteiger partial charge in [-0.15, -0.1) is 0 Å². The van der Waals surface area contributed by atoms with Gasteiger partial charge in [-0.3, -0.25) is 10.1 Å². The van der Waals surface area contributed by atoms with Crippen molar-refractivity contribution >= 4 is 17.5 Å². The highest BCUT2D eigenvalue weighted by Crippen LogP contribution is 2.31. The van der Waals surface area contributed by atoms with E-state index in [2.05, 4.69) is 10.6 Å². The Morgan fingerprint density at radius 2 is 2.00 bits per heavy atom. The number of carbonyl (C=O) groups excluding carboxylic acids is 1. The van der Waals surface area contributed by atoms with Gasteiger partial charge in [-0.25, -0.2) is 4.39 Å². The van der Waals surface area contributed by atoms with E-state index in [1.165, 1.54) is 12.1 Å². The van der Waals surface area contributed by atoms with Crippen molar-refractivity contribution in [3.63, 3.8) is 0 Å². The van der Waals surface area contributed by atoms with Crippen LogP contribution in [0.2, 0.25) is 5.02 Å². The van der Waals surface area contributed by atoms with Crippen molar-refractivity contribution in [2.45, 2.75) is 25.5 Å². The number of para-hydroxylation sites is 2. The third-order valence-corrected chi connectivity index (χ3v) is 4.70. The number of ether oxygens (including phenoxy) is 2. The number of benzene rings is 2.